The first-order valence-corrected chi connectivity index (χ1v) is 19.1. The van der Waals surface area contributed by atoms with E-state index in [4.69, 9.17) is 9.47 Å². The van der Waals surface area contributed by atoms with Crippen LogP contribution in [0.3, 0.4) is 0 Å². The fourth-order valence-electron chi connectivity index (χ4n) is 9.92. The number of hydrogen-bond donors (Lipinski definition) is 0. The number of rotatable bonds is 7. The second kappa shape index (κ2) is 12.0. The average Bonchev–Trinajstić information content (AvgIpc) is 2.99. The lowest BCUT2D eigenvalue weighted by Gasteiger charge is -2.64. The lowest BCUT2D eigenvalue weighted by molar-refractivity contribution is -0.252. The van der Waals surface area contributed by atoms with Crippen LogP contribution in [0.1, 0.15) is 110 Å². The van der Waals surface area contributed by atoms with Gasteiger partial charge in [0.25, 0.3) is 0 Å². The fourth-order valence-corrected chi connectivity index (χ4v) is 12.4. The lowest BCUT2D eigenvalue weighted by Crippen LogP contribution is -2.66. The Hall–Kier alpha value is -2.72. The highest BCUT2D eigenvalue weighted by Gasteiger charge is 2.65. The van der Waals surface area contributed by atoms with E-state index in [1.54, 1.807) is 0 Å². The van der Waals surface area contributed by atoms with Crippen molar-refractivity contribution < 1.29 is 14.3 Å². The molecule has 0 N–H and O–H groups in total. The molecule has 7 rings (SSSR count). The van der Waals surface area contributed by atoms with Crippen LogP contribution < -0.4 is 4.74 Å². The van der Waals surface area contributed by atoms with Gasteiger partial charge in [0.1, 0.15) is 11.4 Å². The first-order valence-electron chi connectivity index (χ1n) is 17.9. The summed E-state index contributed by atoms with van der Waals surface area (Å²) in [6.07, 6.45) is 6.14. The zero-order valence-electron chi connectivity index (χ0n) is 30.8. The van der Waals surface area contributed by atoms with Gasteiger partial charge in [-0.1, -0.05) is 77.9 Å². The molecule has 0 amide bonds. The summed E-state index contributed by atoms with van der Waals surface area (Å²) >= 11 is 0. The van der Waals surface area contributed by atoms with E-state index in [9.17, 15) is 4.79 Å². The molecule has 0 unspecified atom stereocenters. The Labute approximate surface area is 287 Å². The van der Waals surface area contributed by atoms with Crippen molar-refractivity contribution in [1.29, 1.82) is 0 Å². The van der Waals surface area contributed by atoms with Crippen molar-refractivity contribution in [3.05, 3.63) is 82.9 Å². The van der Waals surface area contributed by atoms with Crippen LogP contribution in [0.5, 0.6) is 5.75 Å². The summed E-state index contributed by atoms with van der Waals surface area (Å²) in [5, 5.41) is 0. The maximum absolute atomic E-state index is 14.6. The van der Waals surface area contributed by atoms with Crippen LogP contribution in [-0.4, -0.2) is 17.2 Å². The number of hydrogen-bond acceptors (Lipinski definition) is 3. The molecule has 252 valence electrons. The molecule has 0 spiro atoms. The number of ether oxygens (including phenoxy) is 2. The lowest BCUT2D eigenvalue weighted by atomic mass is 9.45. The van der Waals surface area contributed by atoms with Crippen LogP contribution in [0, 0.1) is 49.9 Å². The molecule has 4 fully saturated rings. The number of carbonyl (C=O) groups excluding carboxylic acids is 1. The van der Waals surface area contributed by atoms with Crippen molar-refractivity contribution in [2.75, 3.05) is 0 Å². The second-order valence-corrected chi connectivity index (χ2v) is 19.4. The summed E-state index contributed by atoms with van der Waals surface area (Å²) in [4.78, 5) is 18.5. The first-order chi connectivity index (χ1) is 22.0. The summed E-state index contributed by atoms with van der Waals surface area (Å²) in [5.41, 5.74) is 2.76. The Morgan fingerprint density at radius 1 is 0.681 bits per heavy atom. The molecule has 4 bridgehead atoms. The number of carbonyl (C=O) groups is 1. The average molecular weight is 654 g/mol. The van der Waals surface area contributed by atoms with Gasteiger partial charge >= 0.3 is 5.97 Å². The molecule has 0 atom stereocenters. The number of benzene rings is 3. The largest absolute Gasteiger partial charge is 0.476 e. The first kappa shape index (κ1) is 34.2. The topological polar surface area (TPSA) is 35.5 Å². The summed E-state index contributed by atoms with van der Waals surface area (Å²) < 4.78 is 14.0. The predicted molar refractivity (Wildman–Crippen MR) is 194 cm³/mol. The van der Waals surface area contributed by atoms with Crippen LogP contribution in [-0.2, 0) is 25.8 Å². The van der Waals surface area contributed by atoms with Crippen molar-refractivity contribution >= 4 is 16.9 Å². The Kier molecular flexibility index (Phi) is 8.72. The van der Waals surface area contributed by atoms with E-state index < -0.39 is 11.2 Å². The molecule has 4 heteroatoms. The van der Waals surface area contributed by atoms with Gasteiger partial charge in [0.05, 0.1) is 10.9 Å². The van der Waals surface area contributed by atoms with Crippen LogP contribution in [0.15, 0.2) is 75.4 Å². The molecule has 3 aromatic carbocycles. The van der Waals surface area contributed by atoms with Crippen LogP contribution in [0.4, 0.5) is 0 Å². The third-order valence-electron chi connectivity index (χ3n) is 11.7. The summed E-state index contributed by atoms with van der Waals surface area (Å²) in [7, 11) is -0.303. The SMILES string of the molecule is Cc1c(C)c([S+](c2ccccc2)c2ccccc2)c(C)c(C(C)(C)C)c1OC(C)(C)C(=O)OC1(C(C)(C)C)C2CC3CC(C2)CC1C3. The molecular formula is C43H57O3S+. The highest BCUT2D eigenvalue weighted by molar-refractivity contribution is 7.97. The minimum atomic E-state index is -1.15. The van der Waals surface area contributed by atoms with Crippen molar-refractivity contribution in [2.24, 2.45) is 29.1 Å². The third kappa shape index (κ3) is 5.85. The van der Waals surface area contributed by atoms with E-state index in [0.717, 1.165) is 23.1 Å². The molecule has 4 aliphatic carbocycles. The molecule has 0 aromatic heterocycles. The van der Waals surface area contributed by atoms with Crippen molar-refractivity contribution in [1.82, 2.24) is 0 Å². The fraction of sp³-hybridized carbons (Fsp3) is 0.558. The standard InChI is InChI=1S/C43H57O3S/c1-27-28(2)38(47(34-18-14-12-15-19-34)35-20-16-13-17-21-35)29(3)36(40(4,5)6)37(27)45-42(10,11)39(44)46-43(41(7,8)9)32-23-30-22-31(25-32)26-33(43)24-30/h12-21,30-33H,22-26H2,1-11H3/q+1. The van der Waals surface area contributed by atoms with Gasteiger partial charge in [0.15, 0.2) is 20.3 Å². The van der Waals surface area contributed by atoms with Crippen molar-refractivity contribution in [3.8, 4) is 5.75 Å². The van der Waals surface area contributed by atoms with Gasteiger partial charge in [-0.05, 0) is 114 Å². The van der Waals surface area contributed by atoms with Gasteiger partial charge in [0, 0.05) is 33.9 Å². The van der Waals surface area contributed by atoms with Crippen LogP contribution in [0.25, 0.3) is 0 Å². The Morgan fingerprint density at radius 2 is 1.15 bits per heavy atom. The highest BCUT2D eigenvalue weighted by atomic mass is 32.2. The molecule has 0 radical (unpaired) electrons. The van der Waals surface area contributed by atoms with Gasteiger partial charge < -0.3 is 9.47 Å². The Morgan fingerprint density at radius 3 is 1.57 bits per heavy atom. The van der Waals surface area contributed by atoms with Crippen molar-refractivity contribution in [3.63, 3.8) is 0 Å². The molecule has 0 heterocycles. The smallest absolute Gasteiger partial charge is 0.350 e. The van der Waals surface area contributed by atoms with E-state index in [-0.39, 0.29) is 27.7 Å². The quantitative estimate of drug-likeness (QED) is 0.188. The summed E-state index contributed by atoms with van der Waals surface area (Å²) in [6, 6.07) is 21.7. The monoisotopic (exact) mass is 653 g/mol. The molecule has 4 aliphatic rings. The second-order valence-electron chi connectivity index (χ2n) is 17.4. The zero-order chi connectivity index (χ0) is 34.1. The molecule has 4 saturated carbocycles. The number of esters is 1. The van der Waals surface area contributed by atoms with Gasteiger partial charge in [-0.15, -0.1) is 0 Å². The zero-order valence-corrected chi connectivity index (χ0v) is 31.6. The van der Waals surface area contributed by atoms with E-state index in [0.29, 0.717) is 11.8 Å². The van der Waals surface area contributed by atoms with E-state index in [1.165, 1.54) is 63.5 Å². The predicted octanol–water partition coefficient (Wildman–Crippen LogP) is 10.9. The van der Waals surface area contributed by atoms with E-state index in [1.807, 2.05) is 13.8 Å². The van der Waals surface area contributed by atoms with Crippen LogP contribution >= 0.6 is 0 Å². The van der Waals surface area contributed by atoms with E-state index >= 15 is 0 Å². The Bertz CT molecular complexity index is 1560. The molecular weight excluding hydrogens is 597 g/mol. The third-order valence-corrected chi connectivity index (χ3v) is 14.2. The Balaban J connectivity index is 1.42. The van der Waals surface area contributed by atoms with Gasteiger partial charge in [-0.2, -0.15) is 0 Å². The van der Waals surface area contributed by atoms with E-state index in [2.05, 4.69) is 123 Å². The minimum absolute atomic E-state index is 0.145. The molecule has 3 aromatic rings. The van der Waals surface area contributed by atoms with Crippen molar-refractivity contribution in [2.45, 2.75) is 140 Å². The van der Waals surface area contributed by atoms with Gasteiger partial charge in [-0.25, -0.2) is 4.79 Å². The molecule has 47 heavy (non-hydrogen) atoms. The molecule has 0 saturated heterocycles. The minimum Gasteiger partial charge on any atom is -0.476 e. The molecule has 3 nitrogen and oxygen atoms in total. The van der Waals surface area contributed by atoms with Crippen LogP contribution in [0.2, 0.25) is 0 Å². The van der Waals surface area contributed by atoms with Gasteiger partial charge in [-0.3, -0.25) is 0 Å². The maximum Gasteiger partial charge on any atom is 0.350 e. The summed E-state index contributed by atoms with van der Waals surface area (Å²) in [5.74, 6) is 3.07. The summed E-state index contributed by atoms with van der Waals surface area (Å²) in [6.45, 7) is 24.2. The highest BCUT2D eigenvalue weighted by Crippen LogP contribution is 2.64. The molecule has 0 aliphatic heterocycles. The maximum atomic E-state index is 14.6. The normalized spacial score (nSPS) is 25.7. The van der Waals surface area contributed by atoms with Gasteiger partial charge in [0.2, 0.25) is 0 Å².